The topological polar surface area (TPSA) is 75.1 Å². The summed E-state index contributed by atoms with van der Waals surface area (Å²) >= 11 is 0. The van der Waals surface area contributed by atoms with E-state index in [4.69, 9.17) is 5.11 Å². The molecule has 0 bridgehead atoms. The molecular formula is C14H15N3O2. The quantitative estimate of drug-likeness (QED) is 0.880. The Morgan fingerprint density at radius 1 is 1.32 bits per heavy atom. The molecule has 0 radical (unpaired) electrons. The van der Waals surface area contributed by atoms with Crippen LogP contribution in [0.3, 0.4) is 0 Å². The third-order valence-corrected chi connectivity index (χ3v) is 2.72. The SMILES string of the molecule is CCc1ccccc1Nc1nc(C)cc(C(=O)O)n1. The van der Waals surface area contributed by atoms with Gasteiger partial charge in [-0.3, -0.25) is 0 Å². The number of aromatic nitrogens is 2. The highest BCUT2D eigenvalue weighted by molar-refractivity contribution is 5.85. The van der Waals surface area contributed by atoms with Crippen molar-refractivity contribution in [2.75, 3.05) is 5.32 Å². The van der Waals surface area contributed by atoms with Crippen molar-refractivity contribution in [2.24, 2.45) is 0 Å². The van der Waals surface area contributed by atoms with Gasteiger partial charge in [-0.2, -0.15) is 0 Å². The number of carboxylic acid groups (broad SMARTS) is 1. The van der Waals surface area contributed by atoms with Crippen LogP contribution in [0.1, 0.15) is 28.7 Å². The molecule has 0 aliphatic rings. The lowest BCUT2D eigenvalue weighted by Gasteiger charge is -2.10. The predicted molar refractivity (Wildman–Crippen MR) is 72.8 cm³/mol. The molecule has 1 aromatic heterocycles. The van der Waals surface area contributed by atoms with E-state index >= 15 is 0 Å². The van der Waals surface area contributed by atoms with Crippen LogP contribution in [-0.4, -0.2) is 21.0 Å². The molecule has 0 aliphatic carbocycles. The van der Waals surface area contributed by atoms with Crippen LogP contribution in [0.25, 0.3) is 0 Å². The van der Waals surface area contributed by atoms with E-state index in [1.807, 2.05) is 24.3 Å². The summed E-state index contributed by atoms with van der Waals surface area (Å²) in [5.41, 5.74) is 2.63. The molecule has 0 spiro atoms. The number of aromatic carboxylic acids is 1. The molecule has 0 amide bonds. The van der Waals surface area contributed by atoms with Gasteiger partial charge in [-0.15, -0.1) is 0 Å². The number of carboxylic acids is 1. The maximum Gasteiger partial charge on any atom is 0.354 e. The van der Waals surface area contributed by atoms with Crippen molar-refractivity contribution in [1.82, 2.24) is 9.97 Å². The van der Waals surface area contributed by atoms with E-state index in [1.54, 1.807) is 6.92 Å². The molecule has 5 nitrogen and oxygen atoms in total. The van der Waals surface area contributed by atoms with E-state index in [0.717, 1.165) is 17.7 Å². The molecular weight excluding hydrogens is 242 g/mol. The van der Waals surface area contributed by atoms with Crippen LogP contribution in [0.4, 0.5) is 11.6 Å². The number of anilines is 2. The fourth-order valence-electron chi connectivity index (χ4n) is 1.81. The van der Waals surface area contributed by atoms with Gasteiger partial charge in [-0.1, -0.05) is 25.1 Å². The molecule has 0 saturated carbocycles. The molecule has 1 aromatic carbocycles. The standard InChI is InChI=1S/C14H15N3O2/c1-3-10-6-4-5-7-11(10)16-14-15-9(2)8-12(17-14)13(18)19/h4-8H,3H2,1-2H3,(H,18,19)(H,15,16,17). The van der Waals surface area contributed by atoms with Crippen molar-refractivity contribution in [3.05, 3.63) is 47.3 Å². The second-order valence-corrected chi connectivity index (χ2v) is 4.16. The summed E-state index contributed by atoms with van der Waals surface area (Å²) in [5, 5.41) is 12.1. The smallest absolute Gasteiger partial charge is 0.354 e. The molecule has 2 aromatic rings. The van der Waals surface area contributed by atoms with E-state index in [9.17, 15) is 4.79 Å². The van der Waals surface area contributed by atoms with Crippen molar-refractivity contribution in [2.45, 2.75) is 20.3 Å². The van der Waals surface area contributed by atoms with E-state index in [2.05, 4.69) is 22.2 Å². The first-order valence-electron chi connectivity index (χ1n) is 6.04. The maximum atomic E-state index is 11.0. The molecule has 1 heterocycles. The summed E-state index contributed by atoms with van der Waals surface area (Å²) in [6.45, 7) is 3.80. The zero-order valence-electron chi connectivity index (χ0n) is 10.8. The normalized spacial score (nSPS) is 10.2. The Morgan fingerprint density at radius 2 is 2.05 bits per heavy atom. The number of rotatable bonds is 4. The second kappa shape index (κ2) is 5.48. The summed E-state index contributed by atoms with van der Waals surface area (Å²) in [6, 6.07) is 9.25. The lowest BCUT2D eigenvalue weighted by molar-refractivity contribution is 0.0690. The first-order chi connectivity index (χ1) is 9.10. The molecule has 19 heavy (non-hydrogen) atoms. The Kier molecular flexibility index (Phi) is 3.75. The number of nitrogens with one attached hydrogen (secondary N) is 1. The van der Waals surface area contributed by atoms with Gasteiger partial charge in [0, 0.05) is 11.4 Å². The molecule has 2 N–H and O–H groups in total. The van der Waals surface area contributed by atoms with E-state index in [-0.39, 0.29) is 5.69 Å². The summed E-state index contributed by atoms with van der Waals surface area (Å²) in [5.74, 6) is -0.754. The Bertz CT molecular complexity index is 611. The molecule has 0 atom stereocenters. The van der Waals surface area contributed by atoms with Gasteiger partial charge in [0.15, 0.2) is 5.69 Å². The van der Waals surface area contributed by atoms with Gasteiger partial charge in [-0.05, 0) is 31.0 Å². The molecule has 0 fully saturated rings. The highest BCUT2D eigenvalue weighted by atomic mass is 16.4. The van der Waals surface area contributed by atoms with Gasteiger partial charge in [0.2, 0.25) is 5.95 Å². The number of hydrogen-bond acceptors (Lipinski definition) is 4. The average Bonchev–Trinajstić information content (AvgIpc) is 2.38. The summed E-state index contributed by atoms with van der Waals surface area (Å²) in [4.78, 5) is 19.1. The Labute approximate surface area is 111 Å². The lowest BCUT2D eigenvalue weighted by Crippen LogP contribution is -2.07. The number of hydrogen-bond donors (Lipinski definition) is 2. The third kappa shape index (κ3) is 3.07. The molecule has 98 valence electrons. The van der Waals surface area contributed by atoms with Crippen molar-refractivity contribution in [3.63, 3.8) is 0 Å². The Morgan fingerprint density at radius 3 is 2.74 bits per heavy atom. The number of carbonyl (C=O) groups is 1. The minimum Gasteiger partial charge on any atom is -0.477 e. The van der Waals surface area contributed by atoms with Gasteiger partial charge < -0.3 is 10.4 Å². The highest BCUT2D eigenvalue weighted by Crippen LogP contribution is 2.19. The molecule has 0 saturated heterocycles. The third-order valence-electron chi connectivity index (χ3n) is 2.72. The second-order valence-electron chi connectivity index (χ2n) is 4.16. The molecule has 2 rings (SSSR count). The van der Waals surface area contributed by atoms with Crippen LogP contribution in [0.15, 0.2) is 30.3 Å². The van der Waals surface area contributed by atoms with Crippen LogP contribution in [0.2, 0.25) is 0 Å². The zero-order valence-corrected chi connectivity index (χ0v) is 10.8. The van der Waals surface area contributed by atoms with Crippen LogP contribution in [0, 0.1) is 6.92 Å². The number of benzene rings is 1. The first kappa shape index (κ1) is 13.0. The molecule has 5 heteroatoms. The minimum atomic E-state index is -1.06. The number of nitrogens with zero attached hydrogens (tertiary/aromatic N) is 2. The first-order valence-corrected chi connectivity index (χ1v) is 6.04. The van der Waals surface area contributed by atoms with Gasteiger partial charge in [0.25, 0.3) is 0 Å². The van der Waals surface area contributed by atoms with Crippen molar-refractivity contribution >= 4 is 17.6 Å². The van der Waals surface area contributed by atoms with E-state index < -0.39 is 5.97 Å². The Balaban J connectivity index is 2.35. The zero-order chi connectivity index (χ0) is 13.8. The van der Waals surface area contributed by atoms with E-state index in [1.165, 1.54) is 6.07 Å². The van der Waals surface area contributed by atoms with Gasteiger partial charge in [0.1, 0.15) is 0 Å². The van der Waals surface area contributed by atoms with Crippen molar-refractivity contribution in [1.29, 1.82) is 0 Å². The Hall–Kier alpha value is -2.43. The van der Waals surface area contributed by atoms with Gasteiger partial charge in [0.05, 0.1) is 0 Å². The van der Waals surface area contributed by atoms with Gasteiger partial charge in [-0.25, -0.2) is 14.8 Å². The van der Waals surface area contributed by atoms with Crippen LogP contribution >= 0.6 is 0 Å². The van der Waals surface area contributed by atoms with Crippen LogP contribution < -0.4 is 5.32 Å². The molecule has 0 aliphatic heterocycles. The minimum absolute atomic E-state index is 0.0102. The fraction of sp³-hybridized carbons (Fsp3) is 0.214. The summed E-state index contributed by atoms with van der Waals surface area (Å²) < 4.78 is 0. The fourth-order valence-corrected chi connectivity index (χ4v) is 1.81. The number of aryl methyl sites for hydroxylation is 2. The van der Waals surface area contributed by atoms with Crippen LogP contribution in [-0.2, 0) is 6.42 Å². The molecule has 0 unspecified atom stereocenters. The maximum absolute atomic E-state index is 11.0. The van der Waals surface area contributed by atoms with E-state index in [0.29, 0.717) is 11.6 Å². The monoisotopic (exact) mass is 257 g/mol. The van der Waals surface area contributed by atoms with Crippen molar-refractivity contribution < 1.29 is 9.90 Å². The number of para-hydroxylation sites is 1. The average molecular weight is 257 g/mol. The highest BCUT2D eigenvalue weighted by Gasteiger charge is 2.09. The largest absolute Gasteiger partial charge is 0.477 e. The lowest BCUT2D eigenvalue weighted by atomic mass is 10.1. The van der Waals surface area contributed by atoms with Gasteiger partial charge >= 0.3 is 5.97 Å². The summed E-state index contributed by atoms with van der Waals surface area (Å²) in [6.07, 6.45) is 0.876. The predicted octanol–water partition coefficient (Wildman–Crippen LogP) is 2.79. The summed E-state index contributed by atoms with van der Waals surface area (Å²) in [7, 11) is 0. The van der Waals surface area contributed by atoms with Crippen LogP contribution in [0.5, 0.6) is 0 Å². The van der Waals surface area contributed by atoms with Crippen molar-refractivity contribution in [3.8, 4) is 0 Å².